The number of benzene rings is 5. The quantitative estimate of drug-likeness (QED) is 0.0848. The molecule has 0 saturated carbocycles. The lowest BCUT2D eigenvalue weighted by Gasteiger charge is -2.17. The fourth-order valence-electron chi connectivity index (χ4n) is 8.41. The molecule has 10 nitrogen and oxygen atoms in total. The van der Waals surface area contributed by atoms with Crippen LogP contribution < -0.4 is 9.47 Å². The minimum atomic E-state index is -3.87. The summed E-state index contributed by atoms with van der Waals surface area (Å²) < 4.78 is 40.5. The Labute approximate surface area is 403 Å². The molecule has 5 aromatic carbocycles. The maximum Gasteiger partial charge on any atom is 0.269 e. The Hall–Kier alpha value is -5.95. The molecule has 0 saturated heterocycles. The van der Waals surface area contributed by atoms with Gasteiger partial charge in [-0.3, -0.25) is 0 Å². The average Bonchev–Trinajstić information content (AvgIpc) is 3.89. The molecular weight excluding hydrogens is 900 g/mol. The van der Waals surface area contributed by atoms with E-state index in [9.17, 15) is 8.42 Å². The van der Waals surface area contributed by atoms with Gasteiger partial charge in [0, 0.05) is 52.5 Å². The fraction of sp³-hybridized carbons (Fsp3) is 0.259. The molecule has 1 N–H and O–H groups in total. The van der Waals surface area contributed by atoms with Crippen LogP contribution in [0.2, 0.25) is 10.0 Å². The predicted molar refractivity (Wildman–Crippen MR) is 277 cm³/mol. The van der Waals surface area contributed by atoms with Crippen LogP contribution in [0, 0.1) is 0 Å². The molecule has 9 aromatic rings. The molecule has 346 valence electrons. The van der Waals surface area contributed by atoms with E-state index in [1.165, 1.54) is 10.2 Å². The van der Waals surface area contributed by atoms with E-state index in [1.807, 2.05) is 60.7 Å². The number of nitrogens with zero attached hydrogens (tertiary/aromatic N) is 5. The van der Waals surface area contributed by atoms with Crippen LogP contribution >= 0.6 is 23.2 Å². The minimum Gasteiger partial charge on any atom is -0.494 e. The molecule has 0 aliphatic rings. The van der Waals surface area contributed by atoms with Crippen LogP contribution in [-0.4, -0.2) is 89.6 Å². The molecule has 0 aliphatic heterocycles. The number of aromatic nitrogens is 4. The number of hydrogen-bond donors (Lipinski definition) is 1. The lowest BCUT2D eigenvalue weighted by atomic mass is 10.0. The molecular formula is C54H56Cl2N6O4S. The number of pyridine rings is 2. The second-order valence-corrected chi connectivity index (χ2v) is 18.9. The summed E-state index contributed by atoms with van der Waals surface area (Å²) in [6, 6.07) is 40.6. The topological polar surface area (TPSA) is 106 Å². The summed E-state index contributed by atoms with van der Waals surface area (Å²) in [4.78, 5) is 17.1. The lowest BCUT2D eigenvalue weighted by molar-refractivity contribution is 0.249. The van der Waals surface area contributed by atoms with Gasteiger partial charge in [-0.05, 0) is 134 Å². The highest BCUT2D eigenvalue weighted by molar-refractivity contribution is 7.90. The van der Waals surface area contributed by atoms with Crippen LogP contribution in [0.25, 0.3) is 66.1 Å². The van der Waals surface area contributed by atoms with Crippen molar-refractivity contribution >= 4 is 77.1 Å². The maximum atomic E-state index is 13.7. The average molecular weight is 956 g/mol. The molecule has 0 fully saturated rings. The van der Waals surface area contributed by atoms with Gasteiger partial charge in [-0.1, -0.05) is 105 Å². The van der Waals surface area contributed by atoms with Gasteiger partial charge in [-0.2, -0.15) is 0 Å². The van der Waals surface area contributed by atoms with Crippen molar-refractivity contribution in [2.75, 3.05) is 52.5 Å². The molecule has 0 spiro atoms. The van der Waals surface area contributed by atoms with E-state index in [-0.39, 0.29) is 4.90 Å². The van der Waals surface area contributed by atoms with Gasteiger partial charge in [0.05, 0.1) is 33.7 Å². The van der Waals surface area contributed by atoms with E-state index in [0.717, 1.165) is 120 Å². The lowest BCUT2D eigenvalue weighted by Crippen LogP contribution is -2.25. The minimum absolute atomic E-state index is 0.201. The summed E-state index contributed by atoms with van der Waals surface area (Å²) in [5.74, 6) is 1.74. The highest BCUT2D eigenvalue weighted by Crippen LogP contribution is 2.36. The van der Waals surface area contributed by atoms with E-state index < -0.39 is 10.0 Å². The molecule has 4 heterocycles. The highest BCUT2D eigenvalue weighted by atomic mass is 35.5. The number of aromatic amines is 1. The van der Waals surface area contributed by atoms with Gasteiger partial charge in [-0.25, -0.2) is 22.4 Å². The largest absolute Gasteiger partial charge is 0.494 e. The Kier molecular flexibility index (Phi) is 15.5. The first-order valence-electron chi connectivity index (χ1n) is 23.0. The number of rotatable bonds is 18. The first-order valence-corrected chi connectivity index (χ1v) is 25.2. The third-order valence-electron chi connectivity index (χ3n) is 12.2. The summed E-state index contributed by atoms with van der Waals surface area (Å²) in [7, 11) is -3.87. The van der Waals surface area contributed by atoms with Crippen molar-refractivity contribution in [3.8, 4) is 33.8 Å². The molecule has 0 aliphatic carbocycles. The maximum absolute atomic E-state index is 13.7. The van der Waals surface area contributed by atoms with E-state index in [4.69, 9.17) is 32.7 Å². The second kappa shape index (κ2) is 21.8. The zero-order chi connectivity index (χ0) is 46.9. The van der Waals surface area contributed by atoms with Crippen LogP contribution in [0.3, 0.4) is 0 Å². The van der Waals surface area contributed by atoms with Crippen LogP contribution in [0.1, 0.15) is 40.5 Å². The Bertz CT molecular complexity index is 3190. The summed E-state index contributed by atoms with van der Waals surface area (Å²) in [6.45, 7) is 16.5. The third kappa shape index (κ3) is 10.9. The summed E-state index contributed by atoms with van der Waals surface area (Å²) in [5, 5.41) is 4.71. The van der Waals surface area contributed by atoms with Crippen molar-refractivity contribution in [3.63, 3.8) is 0 Å². The zero-order valence-electron chi connectivity index (χ0n) is 38.4. The van der Waals surface area contributed by atoms with Crippen LogP contribution in [-0.2, 0) is 10.0 Å². The van der Waals surface area contributed by atoms with Crippen LogP contribution in [0.5, 0.6) is 11.5 Å². The van der Waals surface area contributed by atoms with Gasteiger partial charge in [0.15, 0.2) is 5.65 Å². The molecule has 0 unspecified atom stereocenters. The first-order chi connectivity index (χ1) is 32.6. The summed E-state index contributed by atoms with van der Waals surface area (Å²) in [6.07, 6.45) is 5.16. The van der Waals surface area contributed by atoms with Gasteiger partial charge >= 0.3 is 0 Å². The van der Waals surface area contributed by atoms with E-state index >= 15 is 0 Å². The second-order valence-electron chi connectivity index (χ2n) is 16.3. The van der Waals surface area contributed by atoms with E-state index in [2.05, 4.69) is 82.8 Å². The zero-order valence-corrected chi connectivity index (χ0v) is 40.7. The summed E-state index contributed by atoms with van der Waals surface area (Å²) in [5.41, 5.74) is 7.10. The Balaban J connectivity index is 0.000000188. The SMILES string of the molecule is CCN(CC)CCCOc1ccc(-c2ccc3[nH]c4ncc(Cl)cc4c3c2)cc1.CCN(CC)CCCOc1ccc(-c2ccc3c(c2)c2cc(Cl)cnc2n3S(=O)(=O)c2ccccc2)cc1. The van der Waals surface area contributed by atoms with Gasteiger partial charge in [0.2, 0.25) is 0 Å². The number of ether oxygens (including phenoxy) is 2. The standard InChI is InChI=1S/C30H30ClN3O3S.C24H26ClN3O/c1-3-33(4-2)17-8-18-37-25-14-11-22(12-15-25)23-13-16-29-27(19-23)28-20-24(31)21-32-30(28)34(29)38(35,36)26-9-6-5-7-10-26;1-3-28(4-2)12-5-13-29-20-9-6-17(7-10-20)18-8-11-23-21(14-18)22-15-19(25)16-26-24(22)27-23/h5-7,9-16,19-21H,3-4,8,17-18H2,1-2H3;6-11,14-16H,3-5,12-13H2,1-2H3,(H,26,27). The number of hydrogen-bond acceptors (Lipinski definition) is 8. The van der Waals surface area contributed by atoms with Crippen molar-refractivity contribution in [1.82, 2.24) is 28.7 Å². The Morgan fingerprint density at radius 2 is 1.07 bits per heavy atom. The van der Waals surface area contributed by atoms with Crippen LogP contribution in [0.15, 0.2) is 145 Å². The predicted octanol–water partition coefficient (Wildman–Crippen LogP) is 13.0. The number of H-pyrrole nitrogens is 1. The molecule has 0 atom stereocenters. The monoisotopic (exact) mass is 954 g/mol. The van der Waals surface area contributed by atoms with Crippen molar-refractivity contribution in [2.24, 2.45) is 0 Å². The third-order valence-corrected chi connectivity index (χ3v) is 14.3. The van der Waals surface area contributed by atoms with Gasteiger partial charge in [0.1, 0.15) is 17.1 Å². The van der Waals surface area contributed by atoms with Crippen molar-refractivity contribution in [1.29, 1.82) is 0 Å². The fourth-order valence-corrected chi connectivity index (χ4v) is 10.2. The molecule has 13 heteroatoms. The van der Waals surface area contributed by atoms with E-state index in [0.29, 0.717) is 33.2 Å². The van der Waals surface area contributed by atoms with Gasteiger partial charge in [-0.15, -0.1) is 0 Å². The smallest absolute Gasteiger partial charge is 0.269 e. The molecule has 67 heavy (non-hydrogen) atoms. The first kappa shape index (κ1) is 47.5. The van der Waals surface area contributed by atoms with Gasteiger partial charge in [0.25, 0.3) is 10.0 Å². The Morgan fingerprint density at radius 3 is 1.64 bits per heavy atom. The Morgan fingerprint density at radius 1 is 0.567 bits per heavy atom. The number of nitrogens with one attached hydrogen (secondary N) is 1. The molecule has 9 rings (SSSR count). The molecule has 0 amide bonds. The summed E-state index contributed by atoms with van der Waals surface area (Å²) >= 11 is 12.4. The van der Waals surface area contributed by atoms with E-state index in [1.54, 1.807) is 42.6 Å². The van der Waals surface area contributed by atoms with Gasteiger partial charge < -0.3 is 24.3 Å². The van der Waals surface area contributed by atoms with Crippen molar-refractivity contribution in [3.05, 3.63) is 150 Å². The van der Waals surface area contributed by atoms with Crippen LogP contribution in [0.4, 0.5) is 0 Å². The molecule has 4 aromatic heterocycles. The molecule has 0 bridgehead atoms. The van der Waals surface area contributed by atoms with Crippen molar-refractivity contribution in [2.45, 2.75) is 45.4 Å². The number of fused-ring (bicyclic) bond motifs is 6. The number of halogens is 2. The van der Waals surface area contributed by atoms with Crippen molar-refractivity contribution < 1.29 is 17.9 Å². The normalized spacial score (nSPS) is 11.8. The highest BCUT2D eigenvalue weighted by Gasteiger charge is 2.24. The molecule has 0 radical (unpaired) electrons.